The zero-order valence-electron chi connectivity index (χ0n) is 13.3. The Morgan fingerprint density at radius 1 is 1.21 bits per heavy atom. The van der Waals surface area contributed by atoms with E-state index >= 15 is 0 Å². The number of carbonyl (C=O) groups excluding carboxylic acids is 1. The molecule has 0 aromatic heterocycles. The molecule has 0 aliphatic carbocycles. The van der Waals surface area contributed by atoms with Crippen molar-refractivity contribution in [1.82, 2.24) is 0 Å². The third kappa shape index (κ3) is 4.61. The average Bonchev–Trinajstić information content (AvgIpc) is 2.57. The van der Waals surface area contributed by atoms with E-state index in [1.54, 1.807) is 24.3 Å². The Balaban J connectivity index is 2.18. The molecule has 0 amide bonds. The molecule has 0 radical (unpaired) electrons. The first-order valence-corrected chi connectivity index (χ1v) is 8.48. The van der Waals surface area contributed by atoms with Crippen LogP contribution >= 0.6 is 15.9 Å². The van der Waals surface area contributed by atoms with E-state index in [1.165, 1.54) is 24.3 Å². The summed E-state index contributed by atoms with van der Waals surface area (Å²) in [5.74, 6) is 0.0852. The van der Waals surface area contributed by atoms with Crippen LogP contribution in [0.1, 0.15) is 35.7 Å². The fourth-order valence-electron chi connectivity index (χ4n) is 2.06. The minimum absolute atomic E-state index is 0.0895. The second-order valence-electron chi connectivity index (χ2n) is 5.26. The Kier molecular flexibility index (Phi) is 6.44. The standard InChI is InChI=1S/C19H19BrO4/c1-2-3-10-24-19-12-18(23)14(11-15(19)20)17(22)9-8-13-6-4-5-7-16(13)21/h4-9,11-12,21,23H,2-3,10H2,1H3/b9-8+. The summed E-state index contributed by atoms with van der Waals surface area (Å²) in [6.45, 7) is 2.61. The van der Waals surface area contributed by atoms with Crippen molar-refractivity contribution < 1.29 is 19.7 Å². The molecule has 4 nitrogen and oxygen atoms in total. The molecule has 2 N–H and O–H groups in total. The number of hydrogen-bond acceptors (Lipinski definition) is 4. The highest BCUT2D eigenvalue weighted by Crippen LogP contribution is 2.33. The van der Waals surface area contributed by atoms with E-state index in [9.17, 15) is 15.0 Å². The van der Waals surface area contributed by atoms with Crippen molar-refractivity contribution in [2.45, 2.75) is 19.8 Å². The number of phenolic OH excluding ortho intramolecular Hbond substituents is 2. The van der Waals surface area contributed by atoms with Gasteiger partial charge in [-0.2, -0.15) is 0 Å². The van der Waals surface area contributed by atoms with Gasteiger partial charge in [0.2, 0.25) is 0 Å². The molecular weight excluding hydrogens is 372 g/mol. The summed E-state index contributed by atoms with van der Waals surface area (Å²) in [5, 5.41) is 19.8. The number of para-hydroxylation sites is 1. The highest BCUT2D eigenvalue weighted by Gasteiger charge is 2.13. The fourth-order valence-corrected chi connectivity index (χ4v) is 2.52. The minimum atomic E-state index is -0.364. The van der Waals surface area contributed by atoms with Gasteiger partial charge >= 0.3 is 0 Å². The Hall–Kier alpha value is -2.27. The van der Waals surface area contributed by atoms with Gasteiger partial charge in [-0.05, 0) is 46.6 Å². The van der Waals surface area contributed by atoms with Crippen LogP contribution in [-0.2, 0) is 0 Å². The number of carbonyl (C=O) groups is 1. The molecule has 126 valence electrons. The van der Waals surface area contributed by atoms with E-state index in [4.69, 9.17) is 4.74 Å². The molecule has 0 atom stereocenters. The zero-order chi connectivity index (χ0) is 17.5. The molecule has 0 saturated heterocycles. The zero-order valence-corrected chi connectivity index (χ0v) is 14.9. The van der Waals surface area contributed by atoms with Gasteiger partial charge in [-0.1, -0.05) is 31.5 Å². The smallest absolute Gasteiger partial charge is 0.189 e. The predicted octanol–water partition coefficient (Wildman–Crippen LogP) is 4.94. The Morgan fingerprint density at radius 3 is 2.67 bits per heavy atom. The van der Waals surface area contributed by atoms with Crippen LogP contribution in [0.3, 0.4) is 0 Å². The SMILES string of the molecule is CCCCOc1cc(O)c(C(=O)/C=C/c2ccccc2O)cc1Br. The van der Waals surface area contributed by atoms with Crippen molar-refractivity contribution in [2.75, 3.05) is 6.61 Å². The Labute approximate surface area is 149 Å². The molecule has 0 spiro atoms. The number of hydrogen-bond donors (Lipinski definition) is 2. The molecule has 0 unspecified atom stereocenters. The molecule has 0 aliphatic rings. The van der Waals surface area contributed by atoms with Gasteiger partial charge in [0, 0.05) is 11.6 Å². The van der Waals surface area contributed by atoms with Gasteiger partial charge < -0.3 is 14.9 Å². The molecule has 0 fully saturated rings. The number of rotatable bonds is 7. The van der Waals surface area contributed by atoms with Crippen LogP contribution in [0.4, 0.5) is 0 Å². The lowest BCUT2D eigenvalue weighted by Crippen LogP contribution is -2.00. The van der Waals surface area contributed by atoms with E-state index in [1.807, 2.05) is 0 Å². The van der Waals surface area contributed by atoms with Crippen molar-refractivity contribution in [2.24, 2.45) is 0 Å². The van der Waals surface area contributed by atoms with Crippen molar-refractivity contribution in [3.8, 4) is 17.2 Å². The first-order valence-electron chi connectivity index (χ1n) is 7.68. The number of ketones is 1. The molecule has 24 heavy (non-hydrogen) atoms. The van der Waals surface area contributed by atoms with E-state index < -0.39 is 0 Å². The van der Waals surface area contributed by atoms with Gasteiger partial charge in [-0.25, -0.2) is 0 Å². The minimum Gasteiger partial charge on any atom is -0.507 e. The second-order valence-corrected chi connectivity index (χ2v) is 6.11. The van der Waals surface area contributed by atoms with Gasteiger partial charge in [-0.3, -0.25) is 4.79 Å². The first-order chi connectivity index (χ1) is 11.5. The predicted molar refractivity (Wildman–Crippen MR) is 97.7 cm³/mol. The summed E-state index contributed by atoms with van der Waals surface area (Å²) in [5.41, 5.74) is 0.695. The normalized spacial score (nSPS) is 10.9. The molecule has 0 bridgehead atoms. The van der Waals surface area contributed by atoms with Crippen molar-refractivity contribution >= 4 is 27.8 Å². The molecule has 2 aromatic rings. The number of benzene rings is 2. The van der Waals surface area contributed by atoms with Crippen LogP contribution < -0.4 is 4.74 Å². The molecular formula is C19H19BrO4. The van der Waals surface area contributed by atoms with Crippen LogP contribution in [0.15, 0.2) is 46.9 Å². The quantitative estimate of drug-likeness (QED) is 0.399. The van der Waals surface area contributed by atoms with Crippen LogP contribution in [0, 0.1) is 0 Å². The summed E-state index contributed by atoms with van der Waals surface area (Å²) in [7, 11) is 0. The number of unbranched alkanes of at least 4 members (excludes halogenated alkanes) is 1. The monoisotopic (exact) mass is 390 g/mol. The number of aromatic hydroxyl groups is 2. The fraction of sp³-hybridized carbons (Fsp3) is 0.211. The molecule has 0 aliphatic heterocycles. The highest BCUT2D eigenvalue weighted by atomic mass is 79.9. The van der Waals surface area contributed by atoms with Crippen LogP contribution in [-0.4, -0.2) is 22.6 Å². The summed E-state index contributed by atoms with van der Waals surface area (Å²) in [4.78, 5) is 12.3. The lowest BCUT2D eigenvalue weighted by Gasteiger charge is -2.10. The lowest BCUT2D eigenvalue weighted by atomic mass is 10.1. The number of halogens is 1. The third-order valence-corrected chi connectivity index (χ3v) is 4.04. The molecule has 0 saturated carbocycles. The highest BCUT2D eigenvalue weighted by molar-refractivity contribution is 9.10. The second kappa shape index (κ2) is 8.55. The van der Waals surface area contributed by atoms with Crippen LogP contribution in [0.2, 0.25) is 0 Å². The maximum absolute atomic E-state index is 12.3. The lowest BCUT2D eigenvalue weighted by molar-refractivity contribution is 0.104. The molecule has 0 heterocycles. The summed E-state index contributed by atoms with van der Waals surface area (Å²) in [6.07, 6.45) is 4.75. The van der Waals surface area contributed by atoms with E-state index in [0.29, 0.717) is 22.4 Å². The third-order valence-electron chi connectivity index (χ3n) is 3.42. The molecule has 2 rings (SSSR count). The summed E-state index contributed by atoms with van der Waals surface area (Å²) < 4.78 is 6.18. The largest absolute Gasteiger partial charge is 0.507 e. The topological polar surface area (TPSA) is 66.8 Å². The Bertz CT molecular complexity index is 753. The van der Waals surface area contributed by atoms with E-state index in [2.05, 4.69) is 22.9 Å². The van der Waals surface area contributed by atoms with Crippen molar-refractivity contribution in [3.63, 3.8) is 0 Å². The van der Waals surface area contributed by atoms with E-state index in [-0.39, 0.29) is 22.8 Å². The summed E-state index contributed by atoms with van der Waals surface area (Å²) >= 11 is 3.36. The molecule has 2 aromatic carbocycles. The van der Waals surface area contributed by atoms with Crippen molar-refractivity contribution in [3.05, 3.63) is 58.1 Å². The number of allylic oxidation sites excluding steroid dienone is 1. The van der Waals surface area contributed by atoms with Gasteiger partial charge in [0.15, 0.2) is 5.78 Å². The van der Waals surface area contributed by atoms with Gasteiger partial charge in [0.1, 0.15) is 17.2 Å². The molecule has 5 heteroatoms. The van der Waals surface area contributed by atoms with E-state index in [0.717, 1.165) is 12.8 Å². The summed E-state index contributed by atoms with van der Waals surface area (Å²) in [6, 6.07) is 9.67. The average molecular weight is 391 g/mol. The van der Waals surface area contributed by atoms with Crippen LogP contribution in [0.25, 0.3) is 6.08 Å². The van der Waals surface area contributed by atoms with Gasteiger partial charge in [0.05, 0.1) is 16.6 Å². The van der Waals surface area contributed by atoms with Gasteiger partial charge in [-0.15, -0.1) is 0 Å². The van der Waals surface area contributed by atoms with Crippen LogP contribution in [0.5, 0.6) is 17.2 Å². The Morgan fingerprint density at radius 2 is 1.96 bits per heavy atom. The van der Waals surface area contributed by atoms with Gasteiger partial charge in [0.25, 0.3) is 0 Å². The number of phenols is 2. The first kappa shape index (κ1) is 18.1. The van der Waals surface area contributed by atoms with Crippen molar-refractivity contribution in [1.29, 1.82) is 0 Å². The maximum Gasteiger partial charge on any atom is 0.189 e. The number of ether oxygens (including phenoxy) is 1. The maximum atomic E-state index is 12.3.